The van der Waals surface area contributed by atoms with Crippen molar-refractivity contribution in [1.82, 2.24) is 0 Å². The van der Waals surface area contributed by atoms with E-state index in [9.17, 15) is 4.79 Å². The Morgan fingerprint density at radius 3 is 2.44 bits per heavy atom. The lowest BCUT2D eigenvalue weighted by Gasteiger charge is -2.25. The largest absolute Gasteiger partial charge is 0.466 e. The Labute approximate surface area is 150 Å². The summed E-state index contributed by atoms with van der Waals surface area (Å²) in [5.41, 5.74) is 2.07. The van der Waals surface area contributed by atoms with Gasteiger partial charge in [0.05, 0.1) is 12.5 Å². The lowest BCUT2D eigenvalue weighted by atomic mass is 9.79. The van der Waals surface area contributed by atoms with Gasteiger partial charge in [0.25, 0.3) is 0 Å². The van der Waals surface area contributed by atoms with Crippen molar-refractivity contribution in [2.24, 2.45) is 11.8 Å². The van der Waals surface area contributed by atoms with Gasteiger partial charge < -0.3 is 4.74 Å². The molecule has 3 rings (SSSR count). The molecule has 0 saturated heterocycles. The van der Waals surface area contributed by atoms with Crippen LogP contribution in [0.1, 0.15) is 43.2 Å². The van der Waals surface area contributed by atoms with Gasteiger partial charge in [-0.2, -0.15) is 0 Å². The third kappa shape index (κ3) is 4.31. The van der Waals surface area contributed by atoms with Gasteiger partial charge in [0, 0.05) is 11.5 Å². The van der Waals surface area contributed by atoms with E-state index in [0.29, 0.717) is 6.61 Å². The Bertz CT molecular complexity index is 740. The van der Waals surface area contributed by atoms with Gasteiger partial charge in [-0.15, -0.1) is 0 Å². The van der Waals surface area contributed by atoms with Gasteiger partial charge in [-0.3, -0.25) is 4.79 Å². The molecule has 128 valence electrons. The lowest BCUT2D eigenvalue weighted by molar-refractivity contribution is -0.146. The fraction of sp³-hybridized carbons (Fsp3) is 0.348. The molecule has 0 bridgehead atoms. The summed E-state index contributed by atoms with van der Waals surface area (Å²) in [5.74, 6) is 6.84. The fourth-order valence-electron chi connectivity index (χ4n) is 3.71. The molecule has 0 radical (unpaired) electrons. The predicted octanol–water partition coefficient (Wildman–Crippen LogP) is 4.80. The molecular formula is C23H24O2. The van der Waals surface area contributed by atoms with Crippen LogP contribution in [-0.2, 0) is 9.53 Å². The number of benzene rings is 2. The van der Waals surface area contributed by atoms with Gasteiger partial charge in [0.1, 0.15) is 0 Å². The molecule has 0 aliphatic heterocycles. The van der Waals surface area contributed by atoms with Crippen LogP contribution in [0.4, 0.5) is 0 Å². The molecule has 1 saturated carbocycles. The first kappa shape index (κ1) is 17.3. The van der Waals surface area contributed by atoms with Crippen molar-refractivity contribution < 1.29 is 9.53 Å². The SMILES string of the molecule is CCOC(=O)C(c1ccccc1)[C@@H]1CCC[C@H]1C#Cc1ccccc1. The zero-order chi connectivity index (χ0) is 17.5. The molecule has 0 amide bonds. The molecular weight excluding hydrogens is 308 g/mol. The quantitative estimate of drug-likeness (QED) is 0.594. The highest BCUT2D eigenvalue weighted by Crippen LogP contribution is 2.42. The molecule has 1 unspecified atom stereocenters. The van der Waals surface area contributed by atoms with E-state index in [4.69, 9.17) is 4.74 Å². The molecule has 2 nitrogen and oxygen atoms in total. The van der Waals surface area contributed by atoms with Gasteiger partial charge in [-0.25, -0.2) is 0 Å². The average molecular weight is 332 g/mol. The minimum atomic E-state index is -0.223. The summed E-state index contributed by atoms with van der Waals surface area (Å²) in [5, 5.41) is 0. The molecule has 2 heteroatoms. The second kappa shape index (κ2) is 8.53. The molecule has 1 aliphatic carbocycles. The molecule has 1 fully saturated rings. The van der Waals surface area contributed by atoms with Gasteiger partial charge in [0.15, 0.2) is 0 Å². The van der Waals surface area contributed by atoms with E-state index in [0.717, 1.165) is 30.4 Å². The molecule has 1 aliphatic rings. The molecule has 2 aromatic rings. The summed E-state index contributed by atoms with van der Waals surface area (Å²) in [6, 6.07) is 20.1. The van der Waals surface area contributed by atoms with Gasteiger partial charge in [0.2, 0.25) is 0 Å². The van der Waals surface area contributed by atoms with Crippen molar-refractivity contribution in [3.63, 3.8) is 0 Å². The standard InChI is InChI=1S/C23H24O2/c1-2-25-23(24)22(20-12-7-4-8-13-20)21-15-9-14-19(21)17-16-18-10-5-3-6-11-18/h3-8,10-13,19,21-22H,2,9,14-15H2,1H3/t19-,21+,22?/m0/s1. The number of hydrogen-bond acceptors (Lipinski definition) is 2. The Kier molecular flexibility index (Phi) is 5.90. The second-order valence-corrected chi connectivity index (χ2v) is 6.48. The molecule has 3 atom stereocenters. The van der Waals surface area contributed by atoms with E-state index >= 15 is 0 Å². The zero-order valence-corrected chi connectivity index (χ0v) is 14.7. The van der Waals surface area contributed by atoms with Crippen molar-refractivity contribution in [2.75, 3.05) is 6.61 Å². The number of carbonyl (C=O) groups is 1. The number of rotatable bonds is 4. The Morgan fingerprint density at radius 1 is 1.08 bits per heavy atom. The van der Waals surface area contributed by atoms with E-state index in [1.807, 2.05) is 67.6 Å². The van der Waals surface area contributed by atoms with Crippen LogP contribution in [0.3, 0.4) is 0 Å². The molecule has 2 aromatic carbocycles. The number of esters is 1. The summed E-state index contributed by atoms with van der Waals surface area (Å²) in [4.78, 5) is 12.7. The minimum absolute atomic E-state index is 0.118. The normalized spacial score (nSPS) is 20.4. The molecule has 25 heavy (non-hydrogen) atoms. The molecule has 0 heterocycles. The topological polar surface area (TPSA) is 26.3 Å². The smallest absolute Gasteiger partial charge is 0.313 e. The monoisotopic (exact) mass is 332 g/mol. The highest BCUT2D eigenvalue weighted by Gasteiger charge is 2.38. The van der Waals surface area contributed by atoms with Crippen molar-refractivity contribution >= 4 is 5.97 Å². The maximum absolute atomic E-state index is 12.7. The van der Waals surface area contributed by atoms with Gasteiger partial charge in [-0.1, -0.05) is 66.8 Å². The van der Waals surface area contributed by atoms with E-state index in [1.54, 1.807) is 0 Å². The minimum Gasteiger partial charge on any atom is -0.466 e. The third-order valence-corrected chi connectivity index (χ3v) is 4.87. The lowest BCUT2D eigenvalue weighted by Crippen LogP contribution is -2.26. The first-order valence-electron chi connectivity index (χ1n) is 9.07. The fourth-order valence-corrected chi connectivity index (χ4v) is 3.71. The second-order valence-electron chi connectivity index (χ2n) is 6.48. The average Bonchev–Trinajstić information content (AvgIpc) is 3.10. The molecule has 0 N–H and O–H groups in total. The van der Waals surface area contributed by atoms with Crippen LogP contribution in [-0.4, -0.2) is 12.6 Å². The van der Waals surface area contributed by atoms with Crippen LogP contribution in [0.2, 0.25) is 0 Å². The highest BCUT2D eigenvalue weighted by molar-refractivity contribution is 5.78. The van der Waals surface area contributed by atoms with Crippen molar-refractivity contribution in [3.05, 3.63) is 71.8 Å². The number of ether oxygens (including phenoxy) is 1. The van der Waals surface area contributed by atoms with Crippen LogP contribution in [0, 0.1) is 23.7 Å². The maximum Gasteiger partial charge on any atom is 0.313 e. The van der Waals surface area contributed by atoms with E-state index in [1.165, 1.54) is 0 Å². The Balaban J connectivity index is 1.87. The maximum atomic E-state index is 12.7. The third-order valence-electron chi connectivity index (χ3n) is 4.87. The summed E-state index contributed by atoms with van der Waals surface area (Å²) >= 11 is 0. The highest BCUT2D eigenvalue weighted by atomic mass is 16.5. The Morgan fingerprint density at radius 2 is 1.76 bits per heavy atom. The molecule has 0 spiro atoms. The van der Waals surface area contributed by atoms with Crippen LogP contribution in [0.25, 0.3) is 0 Å². The van der Waals surface area contributed by atoms with Crippen molar-refractivity contribution in [2.45, 2.75) is 32.1 Å². The van der Waals surface area contributed by atoms with Crippen LogP contribution in [0.5, 0.6) is 0 Å². The summed E-state index contributed by atoms with van der Waals surface area (Å²) in [6.07, 6.45) is 3.18. The van der Waals surface area contributed by atoms with E-state index in [2.05, 4.69) is 11.8 Å². The zero-order valence-electron chi connectivity index (χ0n) is 14.7. The predicted molar refractivity (Wildman–Crippen MR) is 100.0 cm³/mol. The van der Waals surface area contributed by atoms with Crippen LogP contribution >= 0.6 is 0 Å². The number of carbonyl (C=O) groups excluding carboxylic acids is 1. The Hall–Kier alpha value is -2.53. The van der Waals surface area contributed by atoms with Crippen LogP contribution < -0.4 is 0 Å². The van der Waals surface area contributed by atoms with E-state index < -0.39 is 0 Å². The summed E-state index contributed by atoms with van der Waals surface area (Å²) in [7, 11) is 0. The van der Waals surface area contributed by atoms with Crippen LogP contribution in [0.15, 0.2) is 60.7 Å². The number of hydrogen-bond donors (Lipinski definition) is 0. The van der Waals surface area contributed by atoms with Crippen molar-refractivity contribution in [1.29, 1.82) is 0 Å². The summed E-state index contributed by atoms with van der Waals surface area (Å²) < 4.78 is 5.39. The first-order chi connectivity index (χ1) is 12.3. The molecule has 0 aromatic heterocycles. The van der Waals surface area contributed by atoms with Gasteiger partial charge >= 0.3 is 5.97 Å². The first-order valence-corrected chi connectivity index (χ1v) is 9.07. The van der Waals surface area contributed by atoms with Gasteiger partial charge in [-0.05, 0) is 43.4 Å². The van der Waals surface area contributed by atoms with E-state index in [-0.39, 0.29) is 23.7 Å². The van der Waals surface area contributed by atoms with Crippen molar-refractivity contribution in [3.8, 4) is 11.8 Å². The summed E-state index contributed by atoms with van der Waals surface area (Å²) in [6.45, 7) is 2.27.